The summed E-state index contributed by atoms with van der Waals surface area (Å²) in [4.78, 5) is 24.9. The third-order valence-corrected chi connectivity index (χ3v) is 2.78. The van der Waals surface area contributed by atoms with E-state index >= 15 is 0 Å². The molecule has 2 aromatic heterocycles. The number of hydrogen-bond acceptors (Lipinski definition) is 5. The molecule has 100 valence electrons. The van der Waals surface area contributed by atoms with Crippen molar-refractivity contribution in [2.45, 2.75) is 0 Å². The first-order chi connectivity index (χ1) is 9.74. The van der Waals surface area contributed by atoms with Gasteiger partial charge in [0.05, 0.1) is 12.5 Å². The molecule has 0 saturated heterocycles. The molecule has 3 rings (SSSR count). The van der Waals surface area contributed by atoms with Crippen molar-refractivity contribution in [1.29, 1.82) is 0 Å². The standard InChI is InChI=1S/C13H12N6O/c1-19(16-7-9-5-3-2-4-6-9)12-10-11(15-8-14-10)17-13(20)18-12/h2-8H,1H3,(H2,14,15,17,18,20). The summed E-state index contributed by atoms with van der Waals surface area (Å²) in [5.41, 5.74) is 1.61. The SMILES string of the molecule is CN(N=Cc1ccccc1)c1nc(=O)[nH]c2[nH]cnc12. The number of nitrogens with one attached hydrogen (secondary N) is 2. The number of nitrogens with zero attached hydrogens (tertiary/aromatic N) is 4. The second-order valence-corrected chi connectivity index (χ2v) is 4.17. The molecule has 0 spiro atoms. The van der Waals surface area contributed by atoms with Crippen molar-refractivity contribution >= 4 is 23.2 Å². The fourth-order valence-electron chi connectivity index (χ4n) is 1.82. The molecule has 0 radical (unpaired) electrons. The Morgan fingerprint density at radius 1 is 1.30 bits per heavy atom. The molecule has 0 atom stereocenters. The van der Waals surface area contributed by atoms with Gasteiger partial charge in [-0.15, -0.1) is 0 Å². The highest BCUT2D eigenvalue weighted by molar-refractivity contribution is 5.84. The van der Waals surface area contributed by atoms with Gasteiger partial charge in [-0.3, -0.25) is 4.98 Å². The molecule has 3 aromatic rings. The normalized spacial score (nSPS) is 11.2. The van der Waals surface area contributed by atoms with Crippen LogP contribution >= 0.6 is 0 Å². The number of aromatic nitrogens is 4. The van der Waals surface area contributed by atoms with Crippen molar-refractivity contribution in [2.75, 3.05) is 12.1 Å². The highest BCUT2D eigenvalue weighted by atomic mass is 16.1. The zero-order chi connectivity index (χ0) is 13.9. The van der Waals surface area contributed by atoms with E-state index in [0.29, 0.717) is 17.0 Å². The zero-order valence-corrected chi connectivity index (χ0v) is 10.7. The minimum atomic E-state index is -0.446. The number of rotatable bonds is 3. The minimum absolute atomic E-state index is 0.400. The quantitative estimate of drug-likeness (QED) is 0.550. The van der Waals surface area contributed by atoms with Gasteiger partial charge in [-0.25, -0.2) is 14.8 Å². The van der Waals surface area contributed by atoms with Crippen molar-refractivity contribution in [1.82, 2.24) is 19.9 Å². The van der Waals surface area contributed by atoms with Gasteiger partial charge in [-0.2, -0.15) is 10.1 Å². The van der Waals surface area contributed by atoms with Gasteiger partial charge in [0, 0.05) is 7.05 Å². The molecule has 20 heavy (non-hydrogen) atoms. The van der Waals surface area contributed by atoms with E-state index in [-0.39, 0.29) is 0 Å². The van der Waals surface area contributed by atoms with Gasteiger partial charge in [-0.05, 0) is 5.56 Å². The summed E-state index contributed by atoms with van der Waals surface area (Å²) in [7, 11) is 1.72. The van der Waals surface area contributed by atoms with E-state index < -0.39 is 5.69 Å². The van der Waals surface area contributed by atoms with Crippen LogP contribution in [0.25, 0.3) is 11.2 Å². The van der Waals surface area contributed by atoms with Crippen molar-refractivity contribution in [3.63, 3.8) is 0 Å². The summed E-state index contributed by atoms with van der Waals surface area (Å²) in [5.74, 6) is 0.400. The number of fused-ring (bicyclic) bond motifs is 1. The van der Waals surface area contributed by atoms with Gasteiger partial charge in [-0.1, -0.05) is 30.3 Å². The van der Waals surface area contributed by atoms with Gasteiger partial charge in [0.15, 0.2) is 5.82 Å². The molecule has 0 amide bonds. The summed E-state index contributed by atoms with van der Waals surface area (Å²) in [5, 5.41) is 5.79. The molecule has 0 aliphatic heterocycles. The Morgan fingerprint density at radius 3 is 2.90 bits per heavy atom. The number of benzene rings is 1. The number of hydrazone groups is 1. The Hall–Kier alpha value is -2.96. The average molecular weight is 268 g/mol. The van der Waals surface area contributed by atoms with E-state index in [1.165, 1.54) is 11.3 Å². The summed E-state index contributed by atoms with van der Waals surface area (Å²) >= 11 is 0. The van der Waals surface area contributed by atoms with Gasteiger partial charge in [0.25, 0.3) is 0 Å². The molecule has 2 N–H and O–H groups in total. The van der Waals surface area contributed by atoms with Crippen LogP contribution in [0, 0.1) is 0 Å². The largest absolute Gasteiger partial charge is 0.348 e. The molecule has 0 aliphatic carbocycles. The number of H-pyrrole nitrogens is 2. The fourth-order valence-corrected chi connectivity index (χ4v) is 1.82. The lowest BCUT2D eigenvalue weighted by Crippen LogP contribution is -2.18. The number of aromatic amines is 2. The van der Waals surface area contributed by atoms with E-state index in [4.69, 9.17) is 0 Å². The summed E-state index contributed by atoms with van der Waals surface area (Å²) < 4.78 is 0. The molecule has 0 aliphatic rings. The third-order valence-electron chi connectivity index (χ3n) is 2.78. The number of imidazole rings is 1. The molecular formula is C13H12N6O. The zero-order valence-electron chi connectivity index (χ0n) is 10.7. The number of anilines is 1. The predicted molar refractivity (Wildman–Crippen MR) is 76.9 cm³/mol. The maximum Gasteiger partial charge on any atom is 0.348 e. The summed E-state index contributed by atoms with van der Waals surface area (Å²) in [6, 6.07) is 9.67. The Morgan fingerprint density at radius 2 is 2.10 bits per heavy atom. The fraction of sp³-hybridized carbons (Fsp3) is 0.0769. The van der Waals surface area contributed by atoms with Crippen LogP contribution in [-0.2, 0) is 0 Å². The van der Waals surface area contributed by atoms with Crippen LogP contribution in [0.5, 0.6) is 0 Å². The van der Waals surface area contributed by atoms with Crippen molar-refractivity contribution in [2.24, 2.45) is 5.10 Å². The Bertz CT molecular complexity index is 804. The predicted octanol–water partition coefficient (Wildman–Crippen LogP) is 1.12. The van der Waals surface area contributed by atoms with Crippen LogP contribution in [0.2, 0.25) is 0 Å². The van der Waals surface area contributed by atoms with E-state index in [0.717, 1.165) is 5.56 Å². The second-order valence-electron chi connectivity index (χ2n) is 4.17. The highest BCUT2D eigenvalue weighted by Crippen LogP contribution is 2.16. The van der Waals surface area contributed by atoms with E-state index in [1.807, 2.05) is 30.3 Å². The molecule has 7 heteroatoms. The minimum Gasteiger partial charge on any atom is -0.331 e. The average Bonchev–Trinajstić information content (AvgIpc) is 2.93. The maximum absolute atomic E-state index is 11.5. The van der Waals surface area contributed by atoms with Gasteiger partial charge < -0.3 is 4.98 Å². The molecule has 2 heterocycles. The highest BCUT2D eigenvalue weighted by Gasteiger charge is 2.10. The van der Waals surface area contributed by atoms with Gasteiger partial charge in [0.1, 0.15) is 11.2 Å². The van der Waals surface area contributed by atoms with E-state index in [9.17, 15) is 4.79 Å². The molecular weight excluding hydrogens is 256 g/mol. The maximum atomic E-state index is 11.5. The first-order valence-corrected chi connectivity index (χ1v) is 6.00. The lowest BCUT2D eigenvalue weighted by molar-refractivity contribution is 0.960. The molecule has 0 saturated carbocycles. The third kappa shape index (κ3) is 2.28. The molecule has 7 nitrogen and oxygen atoms in total. The van der Waals surface area contributed by atoms with Crippen LogP contribution in [0.1, 0.15) is 5.56 Å². The van der Waals surface area contributed by atoms with Crippen molar-refractivity contribution in [3.05, 3.63) is 52.7 Å². The molecule has 0 bridgehead atoms. The first-order valence-electron chi connectivity index (χ1n) is 6.00. The summed E-state index contributed by atoms with van der Waals surface area (Å²) in [6.45, 7) is 0. The van der Waals surface area contributed by atoms with E-state index in [2.05, 4.69) is 25.0 Å². The van der Waals surface area contributed by atoms with Crippen molar-refractivity contribution < 1.29 is 0 Å². The Labute approximate surface area is 114 Å². The van der Waals surface area contributed by atoms with Crippen LogP contribution in [0.3, 0.4) is 0 Å². The first kappa shape index (κ1) is 12.1. The van der Waals surface area contributed by atoms with Gasteiger partial charge in [0.2, 0.25) is 0 Å². The summed E-state index contributed by atoms with van der Waals surface area (Å²) in [6.07, 6.45) is 3.20. The lowest BCUT2D eigenvalue weighted by atomic mass is 10.2. The molecule has 1 aromatic carbocycles. The van der Waals surface area contributed by atoms with Crippen LogP contribution in [0.4, 0.5) is 5.82 Å². The van der Waals surface area contributed by atoms with E-state index in [1.54, 1.807) is 13.3 Å². The topological polar surface area (TPSA) is 90.0 Å². The molecule has 0 unspecified atom stereocenters. The van der Waals surface area contributed by atoms with Gasteiger partial charge >= 0.3 is 5.69 Å². The van der Waals surface area contributed by atoms with Crippen molar-refractivity contribution in [3.8, 4) is 0 Å². The smallest absolute Gasteiger partial charge is 0.331 e. The van der Waals surface area contributed by atoms with Crippen LogP contribution in [0.15, 0.2) is 46.6 Å². The Kier molecular flexibility index (Phi) is 3.00. The van der Waals surface area contributed by atoms with Crippen LogP contribution < -0.4 is 10.7 Å². The second kappa shape index (κ2) is 4.96. The lowest BCUT2D eigenvalue weighted by Gasteiger charge is -2.11. The number of hydrogen-bond donors (Lipinski definition) is 2. The monoisotopic (exact) mass is 268 g/mol. The van der Waals surface area contributed by atoms with Crippen LogP contribution in [-0.4, -0.2) is 33.2 Å². The molecule has 0 fully saturated rings. The Balaban J connectivity index is 1.96.